The Hall–Kier alpha value is -2.09. The van der Waals surface area contributed by atoms with Gasteiger partial charge in [0, 0.05) is 5.69 Å². The van der Waals surface area contributed by atoms with E-state index in [0.29, 0.717) is 0 Å². The van der Waals surface area contributed by atoms with Crippen LogP contribution in [-0.4, -0.2) is 11.9 Å². The third-order valence-electron chi connectivity index (χ3n) is 3.86. The van der Waals surface area contributed by atoms with Crippen molar-refractivity contribution >= 4 is 11.5 Å². The summed E-state index contributed by atoms with van der Waals surface area (Å²) in [6.45, 7) is 10.9. The van der Waals surface area contributed by atoms with Gasteiger partial charge in [0.05, 0.1) is 11.9 Å². The van der Waals surface area contributed by atoms with E-state index in [0.717, 1.165) is 17.9 Å². The Kier molecular flexibility index (Phi) is 5.59. The van der Waals surface area contributed by atoms with E-state index >= 15 is 0 Å². The molecule has 1 N–H and O–H groups in total. The van der Waals surface area contributed by atoms with Gasteiger partial charge in [-0.05, 0) is 48.9 Å². The summed E-state index contributed by atoms with van der Waals surface area (Å²) in [5.74, 6) is 0.954. The summed E-state index contributed by atoms with van der Waals surface area (Å²) in [7, 11) is 0. The molecule has 0 saturated heterocycles. The van der Waals surface area contributed by atoms with Crippen molar-refractivity contribution in [2.75, 3.05) is 5.32 Å². The molecule has 1 atom stereocenters. The van der Waals surface area contributed by atoms with E-state index < -0.39 is 0 Å². The van der Waals surface area contributed by atoms with Crippen molar-refractivity contribution in [3.63, 3.8) is 0 Å². The van der Waals surface area contributed by atoms with Gasteiger partial charge in [-0.25, -0.2) is 0 Å². The number of nitrogens with one attached hydrogen (secondary N) is 1. The molecular weight excluding hydrogens is 280 g/mol. The lowest BCUT2D eigenvalue weighted by Crippen LogP contribution is -2.14. The van der Waals surface area contributed by atoms with E-state index in [-0.39, 0.29) is 11.5 Å². The lowest BCUT2D eigenvalue weighted by molar-refractivity contribution is 0.589. The zero-order valence-corrected chi connectivity index (χ0v) is 14.9. The van der Waals surface area contributed by atoms with E-state index in [2.05, 4.69) is 69.4 Å². The van der Waals surface area contributed by atoms with Crippen molar-refractivity contribution in [2.45, 2.75) is 52.5 Å². The van der Waals surface area contributed by atoms with E-state index in [9.17, 15) is 0 Å². The zero-order valence-electron chi connectivity index (χ0n) is 14.9. The largest absolute Gasteiger partial charge is 0.344 e. The van der Waals surface area contributed by atoms with Crippen molar-refractivity contribution in [1.29, 1.82) is 0 Å². The molecule has 2 aromatic rings. The minimum absolute atomic E-state index is 0.207. The fraction of sp³-hybridized carbons (Fsp3) is 0.381. The third-order valence-corrected chi connectivity index (χ3v) is 3.86. The highest BCUT2D eigenvalue weighted by Gasteiger charge is 2.13. The number of aliphatic imine (C=N–C) groups is 1. The van der Waals surface area contributed by atoms with E-state index in [1.807, 2.05) is 25.1 Å². The average Bonchev–Trinajstić information content (AvgIpc) is 2.47. The maximum atomic E-state index is 4.74. The molecule has 122 valence electrons. The van der Waals surface area contributed by atoms with Crippen molar-refractivity contribution in [2.24, 2.45) is 4.99 Å². The quantitative estimate of drug-likeness (QED) is 0.590. The highest BCUT2D eigenvalue weighted by Crippen LogP contribution is 2.22. The second-order valence-corrected chi connectivity index (χ2v) is 7.21. The van der Waals surface area contributed by atoms with Crippen LogP contribution in [0.3, 0.4) is 0 Å². The van der Waals surface area contributed by atoms with Crippen LogP contribution in [0.4, 0.5) is 5.69 Å². The van der Waals surface area contributed by atoms with Crippen LogP contribution >= 0.6 is 0 Å². The van der Waals surface area contributed by atoms with Crippen LogP contribution in [0.5, 0.6) is 0 Å². The fourth-order valence-electron chi connectivity index (χ4n) is 2.62. The third kappa shape index (κ3) is 5.55. The van der Waals surface area contributed by atoms with Gasteiger partial charge in [0.25, 0.3) is 0 Å². The van der Waals surface area contributed by atoms with Crippen LogP contribution in [0.15, 0.2) is 59.6 Å². The number of nitrogens with zero attached hydrogens (tertiary/aromatic N) is 1. The van der Waals surface area contributed by atoms with Gasteiger partial charge in [0.2, 0.25) is 0 Å². The van der Waals surface area contributed by atoms with Gasteiger partial charge >= 0.3 is 0 Å². The minimum atomic E-state index is 0.207. The molecule has 0 saturated carbocycles. The standard InChI is InChI=1S/C21H28N2/c1-16(22-17(2)23-20-9-7-6-8-10-20)15-18-11-13-19(14-12-18)21(3,4)5/h6-14,16H,15H2,1-5H3,(H,22,23). The average molecular weight is 308 g/mol. The van der Waals surface area contributed by atoms with Crippen LogP contribution in [0.2, 0.25) is 0 Å². The first kappa shape index (κ1) is 17.3. The summed E-state index contributed by atoms with van der Waals surface area (Å²) in [6.07, 6.45) is 0.957. The van der Waals surface area contributed by atoms with E-state index in [1.165, 1.54) is 11.1 Å². The van der Waals surface area contributed by atoms with Gasteiger partial charge in [-0.3, -0.25) is 4.99 Å². The Morgan fingerprint density at radius 1 is 1.00 bits per heavy atom. The molecule has 0 aliphatic carbocycles. The van der Waals surface area contributed by atoms with E-state index in [1.54, 1.807) is 0 Å². The Balaban J connectivity index is 1.96. The molecule has 2 heteroatoms. The molecule has 0 spiro atoms. The van der Waals surface area contributed by atoms with Crippen LogP contribution in [-0.2, 0) is 11.8 Å². The first-order chi connectivity index (χ1) is 10.8. The maximum Gasteiger partial charge on any atom is 0.0978 e. The smallest absolute Gasteiger partial charge is 0.0978 e. The highest BCUT2D eigenvalue weighted by molar-refractivity contribution is 5.93. The summed E-state index contributed by atoms with van der Waals surface area (Å²) in [6, 6.07) is 19.4. The number of rotatable bonds is 4. The fourth-order valence-corrected chi connectivity index (χ4v) is 2.62. The summed E-state index contributed by atoms with van der Waals surface area (Å²) in [5, 5.41) is 3.34. The molecular formula is C21H28N2. The Morgan fingerprint density at radius 2 is 1.61 bits per heavy atom. The van der Waals surface area contributed by atoms with Gasteiger partial charge in [0.1, 0.15) is 0 Å². The highest BCUT2D eigenvalue weighted by atomic mass is 15.0. The summed E-state index contributed by atoms with van der Waals surface area (Å²) < 4.78 is 0. The van der Waals surface area contributed by atoms with Gasteiger partial charge in [-0.2, -0.15) is 0 Å². The Morgan fingerprint density at radius 3 is 2.17 bits per heavy atom. The van der Waals surface area contributed by atoms with Crippen LogP contribution < -0.4 is 5.32 Å². The summed E-state index contributed by atoms with van der Waals surface area (Å²) >= 11 is 0. The molecule has 0 bridgehead atoms. The molecule has 0 aliphatic rings. The number of anilines is 1. The molecule has 0 aliphatic heterocycles. The zero-order chi connectivity index (χ0) is 16.9. The number of hydrogen-bond acceptors (Lipinski definition) is 1. The number of hydrogen-bond donors (Lipinski definition) is 1. The SMILES string of the molecule is CC(=NC(C)Cc1ccc(C(C)(C)C)cc1)Nc1ccccc1. The van der Waals surface area contributed by atoms with Crippen molar-refractivity contribution in [3.8, 4) is 0 Å². The monoisotopic (exact) mass is 308 g/mol. The molecule has 2 rings (SSSR count). The predicted molar refractivity (Wildman–Crippen MR) is 101 cm³/mol. The first-order valence-electron chi connectivity index (χ1n) is 8.30. The van der Waals surface area contributed by atoms with Crippen LogP contribution in [0, 0.1) is 0 Å². The first-order valence-corrected chi connectivity index (χ1v) is 8.30. The lowest BCUT2D eigenvalue weighted by atomic mass is 9.86. The molecule has 2 aromatic carbocycles. The minimum Gasteiger partial charge on any atom is -0.344 e. The molecule has 1 unspecified atom stereocenters. The normalized spacial score (nSPS) is 13.7. The summed E-state index contributed by atoms with van der Waals surface area (Å²) in [4.78, 5) is 4.74. The molecule has 0 heterocycles. The predicted octanol–water partition coefficient (Wildman–Crippen LogP) is 5.45. The lowest BCUT2D eigenvalue weighted by Gasteiger charge is -2.19. The van der Waals surface area contributed by atoms with Crippen molar-refractivity contribution < 1.29 is 0 Å². The Bertz CT molecular complexity index is 634. The molecule has 0 fully saturated rings. The number of amidine groups is 1. The number of benzene rings is 2. The van der Waals surface area contributed by atoms with Gasteiger partial charge in [-0.15, -0.1) is 0 Å². The number of para-hydroxylation sites is 1. The second kappa shape index (κ2) is 7.45. The topological polar surface area (TPSA) is 24.4 Å². The molecule has 0 aromatic heterocycles. The molecule has 0 radical (unpaired) electrons. The second-order valence-electron chi connectivity index (χ2n) is 7.21. The molecule has 0 amide bonds. The van der Waals surface area contributed by atoms with Crippen LogP contribution in [0.25, 0.3) is 0 Å². The van der Waals surface area contributed by atoms with Crippen molar-refractivity contribution in [3.05, 3.63) is 65.7 Å². The van der Waals surface area contributed by atoms with Crippen molar-refractivity contribution in [1.82, 2.24) is 0 Å². The molecule has 2 nitrogen and oxygen atoms in total. The van der Waals surface area contributed by atoms with Gasteiger partial charge in [0.15, 0.2) is 0 Å². The Labute approximate surface area is 140 Å². The van der Waals surface area contributed by atoms with Gasteiger partial charge < -0.3 is 5.32 Å². The van der Waals surface area contributed by atoms with Gasteiger partial charge in [-0.1, -0.05) is 63.2 Å². The summed E-state index contributed by atoms with van der Waals surface area (Å²) in [5.41, 5.74) is 4.00. The van der Waals surface area contributed by atoms with E-state index in [4.69, 9.17) is 4.99 Å². The maximum absolute atomic E-state index is 4.74. The van der Waals surface area contributed by atoms with Crippen LogP contribution in [0.1, 0.15) is 45.7 Å². The molecule has 23 heavy (non-hydrogen) atoms.